The highest BCUT2D eigenvalue weighted by Gasteiger charge is 2.36. The lowest BCUT2D eigenvalue weighted by Crippen LogP contribution is -2.37. The first-order valence-electron chi connectivity index (χ1n) is 6.68. The minimum atomic E-state index is 0.159. The Morgan fingerprint density at radius 1 is 1.26 bits per heavy atom. The highest BCUT2D eigenvalue weighted by molar-refractivity contribution is 5.42. The van der Waals surface area contributed by atoms with Crippen LogP contribution in [-0.2, 0) is 6.54 Å². The summed E-state index contributed by atoms with van der Waals surface area (Å²) in [6.07, 6.45) is 1.04. The van der Waals surface area contributed by atoms with E-state index < -0.39 is 0 Å². The molecule has 0 spiro atoms. The topological polar surface area (TPSA) is 47.7 Å². The Hall–Kier alpha value is -1.26. The largest absolute Gasteiger partial charge is 0.493 e. The molecule has 2 rings (SSSR count). The van der Waals surface area contributed by atoms with E-state index in [1.807, 2.05) is 12.1 Å². The molecule has 0 amide bonds. The van der Waals surface area contributed by atoms with Gasteiger partial charge in [0.2, 0.25) is 0 Å². The molecule has 2 N–H and O–H groups in total. The molecule has 0 aromatic heterocycles. The maximum absolute atomic E-state index is 6.07. The van der Waals surface area contributed by atoms with Crippen molar-refractivity contribution in [3.8, 4) is 11.5 Å². The molecule has 0 saturated carbocycles. The Bertz CT molecular complexity index is 446. The summed E-state index contributed by atoms with van der Waals surface area (Å²) in [5.74, 6) is 1.55. The molecule has 1 aromatic rings. The summed E-state index contributed by atoms with van der Waals surface area (Å²) in [7, 11) is 3.32. The lowest BCUT2D eigenvalue weighted by molar-refractivity contribution is 0.166. The van der Waals surface area contributed by atoms with Crippen molar-refractivity contribution >= 4 is 0 Å². The Kier molecular flexibility index (Phi) is 4.02. The fourth-order valence-electron chi connectivity index (χ4n) is 2.84. The van der Waals surface area contributed by atoms with E-state index in [0.717, 1.165) is 31.0 Å². The highest BCUT2D eigenvalue weighted by Crippen LogP contribution is 2.32. The summed E-state index contributed by atoms with van der Waals surface area (Å²) < 4.78 is 10.6. The number of methoxy groups -OCH3 is 2. The maximum atomic E-state index is 6.07. The third-order valence-electron chi connectivity index (χ3n) is 3.89. The lowest BCUT2D eigenvalue weighted by atomic mass is 10.00. The molecule has 1 saturated heterocycles. The van der Waals surface area contributed by atoms with Gasteiger partial charge in [-0.2, -0.15) is 0 Å². The van der Waals surface area contributed by atoms with E-state index >= 15 is 0 Å². The molecule has 1 aromatic carbocycles. The lowest BCUT2D eigenvalue weighted by Gasteiger charge is -2.31. The van der Waals surface area contributed by atoms with Crippen LogP contribution >= 0.6 is 0 Å². The molecule has 0 aliphatic carbocycles. The minimum Gasteiger partial charge on any atom is -0.493 e. The van der Waals surface area contributed by atoms with Crippen LogP contribution in [0.15, 0.2) is 18.2 Å². The Balaban J connectivity index is 2.15. The summed E-state index contributed by atoms with van der Waals surface area (Å²) in [4.78, 5) is 2.43. The zero-order valence-electron chi connectivity index (χ0n) is 12.3. The van der Waals surface area contributed by atoms with E-state index in [1.54, 1.807) is 14.2 Å². The van der Waals surface area contributed by atoms with Gasteiger partial charge in [0.15, 0.2) is 11.5 Å². The second-order valence-electron chi connectivity index (χ2n) is 5.85. The molecule has 1 fully saturated rings. The Morgan fingerprint density at radius 2 is 1.95 bits per heavy atom. The van der Waals surface area contributed by atoms with Gasteiger partial charge < -0.3 is 15.2 Å². The van der Waals surface area contributed by atoms with Crippen LogP contribution in [0.2, 0.25) is 0 Å². The predicted molar refractivity (Wildman–Crippen MR) is 76.6 cm³/mol. The van der Waals surface area contributed by atoms with Crippen LogP contribution in [-0.4, -0.2) is 37.2 Å². The monoisotopic (exact) mass is 264 g/mol. The average Bonchev–Trinajstić information content (AvgIpc) is 2.62. The fraction of sp³-hybridized carbons (Fsp3) is 0.600. The molecular weight excluding hydrogens is 240 g/mol. The molecular formula is C15H24N2O2. The quantitative estimate of drug-likeness (QED) is 0.904. The van der Waals surface area contributed by atoms with Gasteiger partial charge >= 0.3 is 0 Å². The van der Waals surface area contributed by atoms with Crippen molar-refractivity contribution in [3.05, 3.63) is 23.8 Å². The fourth-order valence-corrected chi connectivity index (χ4v) is 2.84. The smallest absolute Gasteiger partial charge is 0.161 e. The summed E-state index contributed by atoms with van der Waals surface area (Å²) in [5, 5.41) is 0. The van der Waals surface area contributed by atoms with Gasteiger partial charge in [-0.1, -0.05) is 6.07 Å². The molecule has 0 radical (unpaired) electrons. The SMILES string of the molecule is COc1ccc(CN2CC(N)CC2(C)C)cc1OC. The van der Waals surface area contributed by atoms with Gasteiger partial charge in [-0.05, 0) is 38.0 Å². The van der Waals surface area contributed by atoms with E-state index in [4.69, 9.17) is 15.2 Å². The Morgan fingerprint density at radius 3 is 2.47 bits per heavy atom. The first-order chi connectivity index (χ1) is 8.96. The second kappa shape index (κ2) is 5.39. The number of hydrogen-bond donors (Lipinski definition) is 1. The van der Waals surface area contributed by atoms with Crippen LogP contribution in [0.5, 0.6) is 11.5 Å². The van der Waals surface area contributed by atoms with Gasteiger partial charge in [0.1, 0.15) is 0 Å². The molecule has 1 atom stereocenters. The first-order valence-corrected chi connectivity index (χ1v) is 6.68. The molecule has 1 aliphatic rings. The van der Waals surface area contributed by atoms with E-state index in [9.17, 15) is 0 Å². The van der Waals surface area contributed by atoms with E-state index in [2.05, 4.69) is 24.8 Å². The third kappa shape index (κ3) is 3.01. The minimum absolute atomic E-state index is 0.159. The van der Waals surface area contributed by atoms with Gasteiger partial charge in [-0.15, -0.1) is 0 Å². The summed E-state index contributed by atoms with van der Waals surface area (Å²) >= 11 is 0. The van der Waals surface area contributed by atoms with Crippen molar-refractivity contribution < 1.29 is 9.47 Å². The van der Waals surface area contributed by atoms with Crippen molar-refractivity contribution in [2.75, 3.05) is 20.8 Å². The molecule has 0 bridgehead atoms. The predicted octanol–water partition coefficient (Wildman–Crippen LogP) is 2.02. The third-order valence-corrected chi connectivity index (χ3v) is 3.89. The summed E-state index contributed by atoms with van der Waals surface area (Å²) in [6, 6.07) is 6.35. The first kappa shape index (κ1) is 14.2. The van der Waals surface area contributed by atoms with Gasteiger partial charge in [0, 0.05) is 24.7 Å². The number of nitrogens with two attached hydrogens (primary N) is 1. The normalized spacial score (nSPS) is 22.5. The second-order valence-corrected chi connectivity index (χ2v) is 5.85. The molecule has 1 heterocycles. The van der Waals surface area contributed by atoms with Crippen molar-refractivity contribution in [2.24, 2.45) is 5.73 Å². The highest BCUT2D eigenvalue weighted by atomic mass is 16.5. The van der Waals surface area contributed by atoms with E-state index in [-0.39, 0.29) is 11.6 Å². The summed E-state index contributed by atoms with van der Waals surface area (Å²) in [5.41, 5.74) is 7.45. The number of nitrogens with zero attached hydrogens (tertiary/aromatic N) is 1. The number of likely N-dealkylation sites (tertiary alicyclic amines) is 1. The maximum Gasteiger partial charge on any atom is 0.161 e. The molecule has 4 heteroatoms. The zero-order valence-corrected chi connectivity index (χ0v) is 12.3. The van der Waals surface area contributed by atoms with Crippen molar-refractivity contribution in [2.45, 2.75) is 38.4 Å². The molecule has 4 nitrogen and oxygen atoms in total. The van der Waals surface area contributed by atoms with Gasteiger partial charge in [0.05, 0.1) is 14.2 Å². The van der Waals surface area contributed by atoms with Crippen LogP contribution in [0, 0.1) is 0 Å². The van der Waals surface area contributed by atoms with Gasteiger partial charge in [-0.25, -0.2) is 0 Å². The molecule has 1 aliphatic heterocycles. The van der Waals surface area contributed by atoms with Gasteiger partial charge in [0.25, 0.3) is 0 Å². The average molecular weight is 264 g/mol. The van der Waals surface area contributed by atoms with Crippen LogP contribution in [0.25, 0.3) is 0 Å². The number of hydrogen-bond acceptors (Lipinski definition) is 4. The van der Waals surface area contributed by atoms with E-state index in [0.29, 0.717) is 0 Å². The number of benzene rings is 1. The number of ether oxygens (including phenoxy) is 2. The van der Waals surface area contributed by atoms with Crippen LogP contribution in [0.4, 0.5) is 0 Å². The standard InChI is InChI=1S/C15H24N2O2/c1-15(2)8-12(16)10-17(15)9-11-5-6-13(18-3)14(7-11)19-4/h5-7,12H,8-10,16H2,1-4H3. The Labute approximate surface area is 115 Å². The molecule has 19 heavy (non-hydrogen) atoms. The van der Waals surface area contributed by atoms with Crippen LogP contribution in [0.1, 0.15) is 25.8 Å². The van der Waals surface area contributed by atoms with Crippen LogP contribution in [0.3, 0.4) is 0 Å². The van der Waals surface area contributed by atoms with Crippen molar-refractivity contribution in [1.82, 2.24) is 4.90 Å². The summed E-state index contributed by atoms with van der Waals surface area (Å²) in [6.45, 7) is 6.34. The van der Waals surface area contributed by atoms with Crippen LogP contribution < -0.4 is 15.2 Å². The zero-order chi connectivity index (χ0) is 14.0. The number of rotatable bonds is 4. The molecule has 106 valence electrons. The van der Waals surface area contributed by atoms with Gasteiger partial charge in [-0.3, -0.25) is 4.90 Å². The molecule has 1 unspecified atom stereocenters. The van der Waals surface area contributed by atoms with E-state index in [1.165, 1.54) is 5.56 Å². The van der Waals surface area contributed by atoms with Crippen molar-refractivity contribution in [1.29, 1.82) is 0 Å². The van der Waals surface area contributed by atoms with Crippen molar-refractivity contribution in [3.63, 3.8) is 0 Å².